The second-order valence-corrected chi connectivity index (χ2v) is 7.02. The van der Waals surface area contributed by atoms with Crippen LogP contribution in [0.3, 0.4) is 0 Å². The smallest absolute Gasteiger partial charge is 0.252 e. The van der Waals surface area contributed by atoms with Crippen molar-refractivity contribution in [3.63, 3.8) is 0 Å². The van der Waals surface area contributed by atoms with Crippen LogP contribution in [0.2, 0.25) is 0 Å². The van der Waals surface area contributed by atoms with Gasteiger partial charge in [-0.3, -0.25) is 9.69 Å². The topological polar surface area (TPSA) is 42.0 Å². The Kier molecular flexibility index (Phi) is 5.50. The van der Waals surface area contributed by atoms with Gasteiger partial charge in [-0.15, -0.1) is 11.8 Å². The first-order valence-corrected chi connectivity index (χ1v) is 9.80. The SMILES string of the molecule is CCOc1ccc(CCN2C(=O)[C@@H]3CSCN3C2=S)cc1OCC. The van der Waals surface area contributed by atoms with Gasteiger partial charge in [0, 0.05) is 12.3 Å². The summed E-state index contributed by atoms with van der Waals surface area (Å²) in [5.74, 6) is 3.31. The molecule has 5 nitrogen and oxygen atoms in total. The Morgan fingerprint density at radius 1 is 1.25 bits per heavy atom. The third-order valence-corrected chi connectivity index (χ3v) is 5.61. The fourth-order valence-electron chi connectivity index (χ4n) is 2.96. The molecule has 1 amide bonds. The molecule has 0 aliphatic carbocycles. The highest BCUT2D eigenvalue weighted by Gasteiger charge is 2.44. The maximum Gasteiger partial charge on any atom is 0.252 e. The first-order chi connectivity index (χ1) is 11.7. The number of hydrogen-bond acceptors (Lipinski definition) is 5. The molecule has 2 aliphatic rings. The van der Waals surface area contributed by atoms with Gasteiger partial charge in [-0.2, -0.15) is 0 Å². The Labute approximate surface area is 152 Å². The maximum atomic E-state index is 12.5. The maximum absolute atomic E-state index is 12.5. The molecule has 0 radical (unpaired) electrons. The molecule has 2 fully saturated rings. The van der Waals surface area contributed by atoms with Crippen LogP contribution in [-0.2, 0) is 11.2 Å². The Morgan fingerprint density at radius 3 is 2.71 bits per heavy atom. The van der Waals surface area contributed by atoms with Crippen molar-refractivity contribution in [2.24, 2.45) is 0 Å². The summed E-state index contributed by atoms with van der Waals surface area (Å²) < 4.78 is 11.3. The highest BCUT2D eigenvalue weighted by atomic mass is 32.2. The van der Waals surface area contributed by atoms with E-state index in [4.69, 9.17) is 21.7 Å². The standard InChI is InChI=1S/C17H22N2O3S2/c1-3-21-14-6-5-12(9-15(14)22-4-2)7-8-18-16(20)13-10-24-11-19(13)17(18)23/h5-6,9,13H,3-4,7-8,10-11H2,1-2H3/t13-/m0/s1. The number of ether oxygens (including phenoxy) is 2. The molecule has 1 aromatic rings. The summed E-state index contributed by atoms with van der Waals surface area (Å²) in [7, 11) is 0. The zero-order valence-electron chi connectivity index (χ0n) is 14.0. The average molecular weight is 367 g/mol. The second kappa shape index (κ2) is 7.61. The average Bonchev–Trinajstić information content (AvgIpc) is 3.14. The van der Waals surface area contributed by atoms with Crippen molar-refractivity contribution < 1.29 is 14.3 Å². The Morgan fingerprint density at radius 2 is 2.00 bits per heavy atom. The van der Waals surface area contributed by atoms with Crippen molar-refractivity contribution in [3.05, 3.63) is 23.8 Å². The van der Waals surface area contributed by atoms with E-state index in [-0.39, 0.29) is 11.9 Å². The van der Waals surface area contributed by atoms with Crippen molar-refractivity contribution in [2.45, 2.75) is 26.3 Å². The molecule has 2 heterocycles. The van der Waals surface area contributed by atoms with Gasteiger partial charge in [0.1, 0.15) is 6.04 Å². The van der Waals surface area contributed by atoms with Gasteiger partial charge < -0.3 is 14.4 Å². The van der Waals surface area contributed by atoms with E-state index in [1.807, 2.05) is 36.9 Å². The number of thioether (sulfide) groups is 1. The van der Waals surface area contributed by atoms with E-state index in [0.717, 1.165) is 35.1 Å². The fourth-order valence-corrected chi connectivity index (χ4v) is 4.57. The van der Waals surface area contributed by atoms with Crippen LogP contribution in [0.4, 0.5) is 0 Å². The van der Waals surface area contributed by atoms with Crippen molar-refractivity contribution in [3.8, 4) is 11.5 Å². The largest absolute Gasteiger partial charge is 0.490 e. The summed E-state index contributed by atoms with van der Waals surface area (Å²) in [4.78, 5) is 16.2. The number of amides is 1. The Balaban J connectivity index is 1.67. The van der Waals surface area contributed by atoms with E-state index in [0.29, 0.717) is 24.9 Å². The lowest BCUT2D eigenvalue weighted by Gasteiger charge is -2.19. The van der Waals surface area contributed by atoms with Crippen molar-refractivity contribution in [2.75, 3.05) is 31.4 Å². The van der Waals surface area contributed by atoms with Gasteiger partial charge >= 0.3 is 0 Å². The zero-order chi connectivity index (χ0) is 17.1. The summed E-state index contributed by atoms with van der Waals surface area (Å²) in [6, 6.07) is 5.90. The lowest BCUT2D eigenvalue weighted by Crippen LogP contribution is -2.34. The number of fused-ring (bicyclic) bond motifs is 1. The van der Waals surface area contributed by atoms with Gasteiger partial charge in [-0.05, 0) is 50.2 Å². The fraction of sp³-hybridized carbons (Fsp3) is 0.529. The van der Waals surface area contributed by atoms with Gasteiger partial charge in [-0.1, -0.05) is 6.07 Å². The molecule has 0 N–H and O–H groups in total. The summed E-state index contributed by atoms with van der Waals surface area (Å²) in [6.45, 7) is 5.70. The van der Waals surface area contributed by atoms with Crippen LogP contribution in [0.15, 0.2) is 18.2 Å². The van der Waals surface area contributed by atoms with E-state index in [2.05, 4.69) is 0 Å². The third kappa shape index (κ3) is 3.32. The van der Waals surface area contributed by atoms with Crippen molar-refractivity contribution in [1.82, 2.24) is 9.80 Å². The van der Waals surface area contributed by atoms with Crippen LogP contribution in [0.25, 0.3) is 0 Å². The molecule has 1 aromatic carbocycles. The van der Waals surface area contributed by atoms with Crippen LogP contribution in [0.1, 0.15) is 19.4 Å². The van der Waals surface area contributed by atoms with Crippen LogP contribution in [0.5, 0.6) is 11.5 Å². The molecular formula is C17H22N2O3S2. The van der Waals surface area contributed by atoms with Crippen LogP contribution < -0.4 is 9.47 Å². The number of carbonyl (C=O) groups excluding carboxylic acids is 1. The zero-order valence-corrected chi connectivity index (χ0v) is 15.6. The van der Waals surface area contributed by atoms with Gasteiger partial charge in [0.2, 0.25) is 0 Å². The normalized spacial score (nSPS) is 19.8. The summed E-state index contributed by atoms with van der Waals surface area (Å²) >= 11 is 7.23. The van der Waals surface area contributed by atoms with Crippen molar-refractivity contribution >= 4 is 35.0 Å². The van der Waals surface area contributed by atoms with Crippen LogP contribution in [-0.4, -0.2) is 58.2 Å². The Hall–Kier alpha value is -1.47. The van der Waals surface area contributed by atoms with Gasteiger partial charge in [-0.25, -0.2) is 0 Å². The molecule has 3 rings (SSSR count). The molecule has 0 aromatic heterocycles. The van der Waals surface area contributed by atoms with Gasteiger partial charge in [0.15, 0.2) is 16.6 Å². The molecule has 7 heteroatoms. The minimum atomic E-state index is -0.0539. The molecule has 2 saturated heterocycles. The van der Waals surface area contributed by atoms with Crippen molar-refractivity contribution in [1.29, 1.82) is 0 Å². The number of benzene rings is 1. The molecule has 130 valence electrons. The molecule has 2 aliphatic heterocycles. The lowest BCUT2D eigenvalue weighted by atomic mass is 10.1. The van der Waals surface area contributed by atoms with E-state index in [1.165, 1.54) is 0 Å². The predicted octanol–water partition coefficient (Wildman–Crippen LogP) is 2.53. The van der Waals surface area contributed by atoms with E-state index < -0.39 is 0 Å². The summed E-state index contributed by atoms with van der Waals surface area (Å²) in [6.07, 6.45) is 0.742. The monoisotopic (exact) mass is 366 g/mol. The molecular weight excluding hydrogens is 344 g/mol. The van der Waals surface area contributed by atoms with Crippen LogP contribution >= 0.6 is 24.0 Å². The molecule has 1 atom stereocenters. The molecule has 0 saturated carbocycles. The number of thiocarbonyl (C=S) groups is 1. The first kappa shape index (κ1) is 17.4. The number of carbonyl (C=O) groups is 1. The summed E-state index contributed by atoms with van der Waals surface area (Å²) in [5, 5.41) is 0.672. The van der Waals surface area contributed by atoms with Crippen LogP contribution in [0, 0.1) is 0 Å². The Bertz CT molecular complexity index is 616. The molecule has 0 spiro atoms. The molecule has 24 heavy (non-hydrogen) atoms. The van der Waals surface area contributed by atoms with E-state index >= 15 is 0 Å². The minimum absolute atomic E-state index is 0.0539. The minimum Gasteiger partial charge on any atom is -0.490 e. The molecule has 0 bridgehead atoms. The molecule has 0 unspecified atom stereocenters. The predicted molar refractivity (Wildman–Crippen MR) is 99.7 cm³/mol. The first-order valence-electron chi connectivity index (χ1n) is 8.24. The number of nitrogens with zero attached hydrogens (tertiary/aromatic N) is 2. The van der Waals surface area contributed by atoms with Gasteiger partial charge in [0.25, 0.3) is 5.91 Å². The van der Waals surface area contributed by atoms with E-state index in [1.54, 1.807) is 16.7 Å². The highest BCUT2D eigenvalue weighted by Crippen LogP contribution is 2.31. The number of hydrogen-bond donors (Lipinski definition) is 0. The highest BCUT2D eigenvalue weighted by molar-refractivity contribution is 7.99. The quantitative estimate of drug-likeness (QED) is 0.691. The number of rotatable bonds is 7. The second-order valence-electron chi connectivity index (χ2n) is 5.66. The summed E-state index contributed by atoms with van der Waals surface area (Å²) in [5.41, 5.74) is 1.11. The van der Waals surface area contributed by atoms with E-state index in [9.17, 15) is 4.79 Å². The third-order valence-electron chi connectivity index (χ3n) is 4.14. The van der Waals surface area contributed by atoms with Gasteiger partial charge in [0.05, 0.1) is 19.1 Å². The lowest BCUT2D eigenvalue weighted by molar-refractivity contribution is -0.127.